The van der Waals surface area contributed by atoms with E-state index in [0.29, 0.717) is 23.7 Å². The third-order valence-corrected chi connectivity index (χ3v) is 2.08. The highest BCUT2D eigenvalue weighted by atomic mass is 16.5. The zero-order valence-electron chi connectivity index (χ0n) is 8.15. The quantitative estimate of drug-likeness (QED) is 0.748. The molecule has 0 saturated heterocycles. The van der Waals surface area contributed by atoms with Crippen LogP contribution in [0.15, 0.2) is 21.5 Å². The molecule has 0 bridgehead atoms. The lowest BCUT2D eigenvalue weighted by Crippen LogP contribution is -2.05. The summed E-state index contributed by atoms with van der Waals surface area (Å²) < 4.78 is 5.05. The maximum absolute atomic E-state index is 10.8. The van der Waals surface area contributed by atoms with E-state index >= 15 is 0 Å². The van der Waals surface area contributed by atoms with Crippen LogP contribution in [-0.4, -0.2) is 15.4 Å². The molecule has 0 aliphatic carbocycles. The number of aromatic nitrogens is 3. The Morgan fingerprint density at radius 3 is 2.93 bits per heavy atom. The summed E-state index contributed by atoms with van der Waals surface area (Å²) in [5.74, 6) is 0.867. The van der Waals surface area contributed by atoms with Gasteiger partial charge in [0.05, 0.1) is 0 Å². The summed E-state index contributed by atoms with van der Waals surface area (Å²) in [5.41, 5.74) is 6.68. The molecule has 2 aromatic heterocycles. The summed E-state index contributed by atoms with van der Waals surface area (Å²) in [6.07, 6.45) is 0.700. The monoisotopic (exact) mass is 206 g/mol. The lowest BCUT2D eigenvalue weighted by atomic mass is 10.1. The maximum atomic E-state index is 10.8. The third kappa shape index (κ3) is 1.61. The zero-order chi connectivity index (χ0) is 10.8. The van der Waals surface area contributed by atoms with Gasteiger partial charge in [0.1, 0.15) is 5.69 Å². The second kappa shape index (κ2) is 3.56. The second-order valence-corrected chi connectivity index (χ2v) is 3.04. The van der Waals surface area contributed by atoms with E-state index < -0.39 is 0 Å². The fraction of sp³-hybridized carbons (Fsp3) is 0.222. The fourth-order valence-corrected chi connectivity index (χ4v) is 1.34. The number of aromatic amines is 1. The van der Waals surface area contributed by atoms with Crippen LogP contribution in [0.5, 0.6) is 0 Å². The van der Waals surface area contributed by atoms with Crippen molar-refractivity contribution in [3.63, 3.8) is 0 Å². The second-order valence-electron chi connectivity index (χ2n) is 3.04. The van der Waals surface area contributed by atoms with Gasteiger partial charge in [0.25, 0.3) is 5.56 Å². The number of rotatable bonds is 2. The van der Waals surface area contributed by atoms with E-state index in [1.165, 1.54) is 6.07 Å². The Bertz CT molecular complexity index is 509. The van der Waals surface area contributed by atoms with Crippen molar-refractivity contribution < 1.29 is 4.52 Å². The van der Waals surface area contributed by atoms with Crippen LogP contribution in [0, 0.1) is 0 Å². The molecular weight excluding hydrogens is 196 g/mol. The van der Waals surface area contributed by atoms with Crippen LogP contribution in [0.1, 0.15) is 12.5 Å². The summed E-state index contributed by atoms with van der Waals surface area (Å²) in [7, 11) is 0. The number of nitrogen functional groups attached to an aromatic ring is 1. The van der Waals surface area contributed by atoms with Crippen LogP contribution in [0.3, 0.4) is 0 Å². The molecule has 0 unspecified atom stereocenters. The topological polar surface area (TPSA) is 97.8 Å². The maximum Gasteiger partial charge on any atom is 0.264 e. The summed E-state index contributed by atoms with van der Waals surface area (Å²) in [4.78, 5) is 10.8. The third-order valence-electron chi connectivity index (χ3n) is 2.08. The van der Waals surface area contributed by atoms with Crippen LogP contribution < -0.4 is 11.3 Å². The number of nitrogens with two attached hydrogens (primary N) is 1. The molecule has 2 aromatic rings. The average Bonchev–Trinajstić information content (AvgIpc) is 2.61. The molecule has 6 nitrogen and oxygen atoms in total. The summed E-state index contributed by atoms with van der Waals surface area (Å²) in [5, 5.41) is 9.83. The minimum atomic E-state index is -0.260. The summed E-state index contributed by atoms with van der Waals surface area (Å²) in [6, 6.07) is 2.94. The first-order valence-corrected chi connectivity index (χ1v) is 4.52. The van der Waals surface area contributed by atoms with Crippen LogP contribution in [0.25, 0.3) is 11.5 Å². The van der Waals surface area contributed by atoms with Gasteiger partial charge in [-0.3, -0.25) is 4.79 Å². The molecule has 0 amide bonds. The first-order valence-electron chi connectivity index (χ1n) is 4.52. The van der Waals surface area contributed by atoms with Gasteiger partial charge in [-0.15, -0.1) is 0 Å². The van der Waals surface area contributed by atoms with Gasteiger partial charge in [-0.1, -0.05) is 12.1 Å². The summed E-state index contributed by atoms with van der Waals surface area (Å²) >= 11 is 0. The van der Waals surface area contributed by atoms with Gasteiger partial charge in [0.2, 0.25) is 0 Å². The van der Waals surface area contributed by atoms with Gasteiger partial charge >= 0.3 is 0 Å². The summed E-state index contributed by atoms with van der Waals surface area (Å²) in [6.45, 7) is 1.94. The molecule has 0 spiro atoms. The fourth-order valence-electron chi connectivity index (χ4n) is 1.34. The Hall–Kier alpha value is -2.11. The molecule has 6 heteroatoms. The van der Waals surface area contributed by atoms with Gasteiger partial charge in [-0.2, -0.15) is 5.10 Å². The molecule has 3 N–H and O–H groups in total. The lowest BCUT2D eigenvalue weighted by Gasteiger charge is -1.96. The average molecular weight is 206 g/mol. The first kappa shape index (κ1) is 9.45. The smallest absolute Gasteiger partial charge is 0.264 e. The SMILES string of the molecule is CCc1c(N)noc1-c1ccc(=O)[nH]n1. The molecule has 0 aromatic carbocycles. The normalized spacial score (nSPS) is 10.5. The highest BCUT2D eigenvalue weighted by molar-refractivity contribution is 5.62. The Balaban J connectivity index is 2.53. The van der Waals surface area contributed by atoms with E-state index in [9.17, 15) is 4.79 Å². The molecule has 15 heavy (non-hydrogen) atoms. The number of H-pyrrole nitrogens is 1. The highest BCUT2D eigenvalue weighted by Crippen LogP contribution is 2.25. The molecule has 0 fully saturated rings. The van der Waals surface area contributed by atoms with E-state index in [4.69, 9.17) is 10.3 Å². The van der Waals surface area contributed by atoms with E-state index in [-0.39, 0.29) is 5.56 Å². The Morgan fingerprint density at radius 2 is 2.33 bits per heavy atom. The number of nitrogens with one attached hydrogen (secondary N) is 1. The lowest BCUT2D eigenvalue weighted by molar-refractivity contribution is 0.433. The predicted octanol–water partition coefficient (Wildman–Crippen LogP) is 0.570. The molecule has 2 rings (SSSR count). The van der Waals surface area contributed by atoms with Crippen molar-refractivity contribution in [3.05, 3.63) is 28.0 Å². The first-order chi connectivity index (χ1) is 7.22. The van der Waals surface area contributed by atoms with Gasteiger partial charge in [-0.05, 0) is 12.5 Å². The molecule has 0 saturated carbocycles. The molecule has 0 radical (unpaired) electrons. The van der Waals surface area contributed by atoms with Gasteiger partial charge in [-0.25, -0.2) is 5.10 Å². The van der Waals surface area contributed by atoms with Crippen molar-refractivity contribution in [1.29, 1.82) is 0 Å². The molecule has 2 heterocycles. The van der Waals surface area contributed by atoms with Crippen molar-refractivity contribution in [3.8, 4) is 11.5 Å². The zero-order valence-corrected chi connectivity index (χ0v) is 8.15. The van der Waals surface area contributed by atoms with E-state index in [2.05, 4.69) is 15.4 Å². The van der Waals surface area contributed by atoms with Crippen molar-refractivity contribution in [2.45, 2.75) is 13.3 Å². The molecule has 0 aliphatic rings. The molecule has 0 aliphatic heterocycles. The predicted molar refractivity (Wildman–Crippen MR) is 54.1 cm³/mol. The van der Waals surface area contributed by atoms with Gasteiger partial charge in [0.15, 0.2) is 11.6 Å². The minimum Gasteiger partial charge on any atom is -0.381 e. The molecule has 0 atom stereocenters. The highest BCUT2D eigenvalue weighted by Gasteiger charge is 2.14. The number of nitrogens with zero attached hydrogens (tertiary/aromatic N) is 2. The minimum absolute atomic E-state index is 0.260. The van der Waals surface area contributed by atoms with Crippen molar-refractivity contribution in [1.82, 2.24) is 15.4 Å². The van der Waals surface area contributed by atoms with E-state index in [1.807, 2.05) is 6.92 Å². The standard InChI is InChI=1S/C9H10N4O2/c1-2-5-8(15-13-9(5)10)6-3-4-7(14)12-11-6/h3-4H,2H2,1H3,(H2,10,13)(H,12,14). The Morgan fingerprint density at radius 1 is 1.53 bits per heavy atom. The van der Waals surface area contributed by atoms with E-state index in [0.717, 1.165) is 5.56 Å². The van der Waals surface area contributed by atoms with Gasteiger partial charge < -0.3 is 10.3 Å². The number of hydrogen-bond donors (Lipinski definition) is 2. The van der Waals surface area contributed by atoms with Crippen molar-refractivity contribution >= 4 is 5.82 Å². The Labute approximate surface area is 85.1 Å². The van der Waals surface area contributed by atoms with Crippen LogP contribution in [0.2, 0.25) is 0 Å². The largest absolute Gasteiger partial charge is 0.381 e. The van der Waals surface area contributed by atoms with E-state index in [1.54, 1.807) is 6.07 Å². The van der Waals surface area contributed by atoms with Crippen LogP contribution >= 0.6 is 0 Å². The van der Waals surface area contributed by atoms with Crippen LogP contribution in [-0.2, 0) is 6.42 Å². The Kier molecular flexibility index (Phi) is 2.24. The van der Waals surface area contributed by atoms with Gasteiger partial charge in [0, 0.05) is 11.6 Å². The van der Waals surface area contributed by atoms with Crippen LogP contribution in [0.4, 0.5) is 5.82 Å². The molecular formula is C9H10N4O2. The van der Waals surface area contributed by atoms with Crippen molar-refractivity contribution in [2.24, 2.45) is 0 Å². The number of hydrogen-bond acceptors (Lipinski definition) is 5. The molecule has 78 valence electrons. The number of anilines is 1. The van der Waals surface area contributed by atoms with Crippen molar-refractivity contribution in [2.75, 3.05) is 5.73 Å².